The smallest absolute Gasteiger partial charge is 0.414 e. The summed E-state index contributed by atoms with van der Waals surface area (Å²) in [6.07, 6.45) is 1.20. The number of benzene rings is 1. The lowest BCUT2D eigenvalue weighted by atomic mass is 9.85. The van der Waals surface area contributed by atoms with E-state index in [0.29, 0.717) is 24.7 Å². The van der Waals surface area contributed by atoms with Crippen molar-refractivity contribution in [3.8, 4) is 11.5 Å². The van der Waals surface area contributed by atoms with Crippen LogP contribution in [0.15, 0.2) is 12.1 Å². The van der Waals surface area contributed by atoms with Gasteiger partial charge in [-0.3, -0.25) is 4.90 Å². The first-order chi connectivity index (χ1) is 10.5. The van der Waals surface area contributed by atoms with Gasteiger partial charge < -0.3 is 19.9 Å². The molecule has 6 nitrogen and oxygen atoms in total. The molecule has 0 saturated heterocycles. The Morgan fingerprint density at radius 2 is 1.95 bits per heavy atom. The van der Waals surface area contributed by atoms with Crippen LogP contribution in [0.4, 0.5) is 10.5 Å². The zero-order valence-electron chi connectivity index (χ0n) is 13.6. The molecule has 1 aliphatic heterocycles. The molecule has 0 aliphatic carbocycles. The van der Waals surface area contributed by atoms with Crippen LogP contribution in [0.25, 0.3) is 0 Å². The highest BCUT2D eigenvalue weighted by atomic mass is 16.6. The molecule has 0 fully saturated rings. The molecule has 1 atom stereocenters. The molecule has 1 aromatic carbocycles. The fraction of sp³-hybridized carbons (Fsp3) is 0.562. The lowest BCUT2D eigenvalue weighted by Crippen LogP contribution is -2.57. The maximum Gasteiger partial charge on any atom is 0.414 e. The van der Waals surface area contributed by atoms with Gasteiger partial charge in [-0.2, -0.15) is 0 Å². The van der Waals surface area contributed by atoms with Crippen LogP contribution in [0, 0.1) is 0 Å². The number of fused-ring (bicyclic) bond motifs is 1. The molecule has 6 heteroatoms. The number of aryl methyl sites for hydroxylation is 1. The number of amides is 1. The Morgan fingerprint density at radius 3 is 2.50 bits per heavy atom. The van der Waals surface area contributed by atoms with E-state index >= 15 is 0 Å². The molecule has 1 aromatic rings. The Bertz CT molecular complexity index is 561. The molecule has 2 rings (SSSR count). The number of nitrogens with zero attached hydrogens (tertiary/aromatic N) is 1. The van der Waals surface area contributed by atoms with Crippen molar-refractivity contribution in [2.24, 2.45) is 5.73 Å². The van der Waals surface area contributed by atoms with E-state index in [-0.39, 0.29) is 6.09 Å². The molecular weight excluding hydrogens is 284 g/mol. The summed E-state index contributed by atoms with van der Waals surface area (Å²) in [5.74, 6) is 1.23. The van der Waals surface area contributed by atoms with Crippen molar-refractivity contribution >= 4 is 11.8 Å². The van der Waals surface area contributed by atoms with Crippen LogP contribution < -0.4 is 20.1 Å². The second-order valence-corrected chi connectivity index (χ2v) is 5.57. The Hall–Kier alpha value is -1.95. The van der Waals surface area contributed by atoms with Crippen LogP contribution in [0.2, 0.25) is 0 Å². The van der Waals surface area contributed by atoms with Gasteiger partial charge in [-0.25, -0.2) is 4.79 Å². The van der Waals surface area contributed by atoms with E-state index in [1.807, 2.05) is 19.1 Å². The molecule has 0 saturated carbocycles. The number of hydrogen-bond acceptors (Lipinski definition) is 5. The molecule has 2 N–H and O–H groups in total. The highest BCUT2D eigenvalue weighted by molar-refractivity contribution is 5.91. The Kier molecular flexibility index (Phi) is 4.81. The Morgan fingerprint density at radius 1 is 1.32 bits per heavy atom. The van der Waals surface area contributed by atoms with Crippen LogP contribution in [-0.2, 0) is 11.2 Å². The molecule has 22 heavy (non-hydrogen) atoms. The third-order valence-electron chi connectivity index (χ3n) is 4.19. The maximum atomic E-state index is 12.5. The van der Waals surface area contributed by atoms with Gasteiger partial charge in [-0.05, 0) is 38.3 Å². The predicted octanol–water partition coefficient (Wildman–Crippen LogP) is 2.33. The molecular formula is C16H24N2O4. The molecule has 1 aliphatic rings. The number of methoxy groups -OCH3 is 2. The standard InChI is InChI=1S/C16H24N2O4/c1-5-22-15(19)18-12-9-14(21-4)13(20-3)8-11(12)6-7-16(18,2)10-17/h8-9H,5-7,10,17H2,1-4H3. The van der Waals surface area contributed by atoms with E-state index < -0.39 is 5.54 Å². The van der Waals surface area contributed by atoms with Gasteiger partial charge in [0.05, 0.1) is 32.1 Å². The SMILES string of the molecule is CCOC(=O)N1c2cc(OC)c(OC)cc2CCC1(C)CN. The van der Waals surface area contributed by atoms with Gasteiger partial charge in [0.25, 0.3) is 0 Å². The summed E-state index contributed by atoms with van der Waals surface area (Å²) in [7, 11) is 3.17. The number of hydrogen-bond donors (Lipinski definition) is 1. The van der Waals surface area contributed by atoms with E-state index in [0.717, 1.165) is 24.1 Å². The van der Waals surface area contributed by atoms with Crippen LogP contribution in [0.3, 0.4) is 0 Å². The van der Waals surface area contributed by atoms with Gasteiger partial charge in [0.15, 0.2) is 11.5 Å². The summed E-state index contributed by atoms with van der Waals surface area (Å²) in [5, 5.41) is 0. The fourth-order valence-electron chi connectivity index (χ4n) is 2.83. The number of carbonyl (C=O) groups excluding carboxylic acids is 1. The van der Waals surface area contributed by atoms with Crippen LogP contribution in [0.1, 0.15) is 25.8 Å². The minimum atomic E-state index is -0.473. The van der Waals surface area contributed by atoms with Gasteiger partial charge in [0.1, 0.15) is 0 Å². The number of carbonyl (C=O) groups is 1. The van der Waals surface area contributed by atoms with Gasteiger partial charge in [0.2, 0.25) is 0 Å². The fourth-order valence-corrected chi connectivity index (χ4v) is 2.83. The molecule has 0 bridgehead atoms. The summed E-state index contributed by atoms with van der Waals surface area (Å²) in [6.45, 7) is 4.44. The largest absolute Gasteiger partial charge is 0.493 e. The van der Waals surface area contributed by atoms with Gasteiger partial charge in [-0.15, -0.1) is 0 Å². The average Bonchev–Trinajstić information content (AvgIpc) is 2.53. The van der Waals surface area contributed by atoms with Gasteiger partial charge in [0, 0.05) is 12.6 Å². The molecule has 1 heterocycles. The first-order valence-corrected chi connectivity index (χ1v) is 7.42. The van der Waals surface area contributed by atoms with Crippen molar-refractivity contribution in [1.29, 1.82) is 0 Å². The van der Waals surface area contributed by atoms with E-state index in [1.165, 1.54) is 0 Å². The van der Waals surface area contributed by atoms with Crippen molar-refractivity contribution in [2.75, 3.05) is 32.3 Å². The van der Waals surface area contributed by atoms with Crippen molar-refractivity contribution in [2.45, 2.75) is 32.2 Å². The molecule has 1 unspecified atom stereocenters. The van der Waals surface area contributed by atoms with Crippen molar-refractivity contribution in [3.05, 3.63) is 17.7 Å². The molecule has 0 radical (unpaired) electrons. The zero-order valence-corrected chi connectivity index (χ0v) is 13.6. The van der Waals surface area contributed by atoms with E-state index in [4.69, 9.17) is 19.9 Å². The predicted molar refractivity (Wildman–Crippen MR) is 84.8 cm³/mol. The molecule has 0 aromatic heterocycles. The van der Waals surface area contributed by atoms with Crippen molar-refractivity contribution in [3.63, 3.8) is 0 Å². The first-order valence-electron chi connectivity index (χ1n) is 7.42. The lowest BCUT2D eigenvalue weighted by molar-refractivity contribution is 0.150. The summed E-state index contributed by atoms with van der Waals surface area (Å²) in [6, 6.07) is 3.73. The topological polar surface area (TPSA) is 74.0 Å². The van der Waals surface area contributed by atoms with E-state index in [2.05, 4.69) is 0 Å². The second kappa shape index (κ2) is 6.44. The second-order valence-electron chi connectivity index (χ2n) is 5.57. The minimum absolute atomic E-state index is 0.318. The van der Waals surface area contributed by atoms with Crippen LogP contribution >= 0.6 is 0 Å². The Balaban J connectivity index is 2.56. The number of nitrogens with two attached hydrogens (primary N) is 1. The molecule has 122 valence electrons. The molecule has 1 amide bonds. The molecule has 0 spiro atoms. The van der Waals surface area contributed by atoms with Crippen molar-refractivity contribution < 1.29 is 19.0 Å². The lowest BCUT2D eigenvalue weighted by Gasteiger charge is -2.44. The third-order valence-corrected chi connectivity index (χ3v) is 4.19. The maximum absolute atomic E-state index is 12.5. The summed E-state index contributed by atoms with van der Waals surface area (Å²) in [5.41, 5.74) is 7.26. The van der Waals surface area contributed by atoms with Crippen LogP contribution in [0.5, 0.6) is 11.5 Å². The van der Waals surface area contributed by atoms with Crippen LogP contribution in [-0.4, -0.2) is 39.0 Å². The van der Waals surface area contributed by atoms with E-state index in [1.54, 1.807) is 26.0 Å². The Labute approximate surface area is 131 Å². The number of rotatable bonds is 4. The highest BCUT2D eigenvalue weighted by Gasteiger charge is 2.41. The number of anilines is 1. The zero-order chi connectivity index (χ0) is 16.3. The summed E-state index contributed by atoms with van der Waals surface area (Å²) < 4.78 is 15.9. The van der Waals surface area contributed by atoms with Gasteiger partial charge >= 0.3 is 6.09 Å². The number of ether oxygens (including phenoxy) is 3. The summed E-state index contributed by atoms with van der Waals surface area (Å²) in [4.78, 5) is 14.1. The monoisotopic (exact) mass is 308 g/mol. The van der Waals surface area contributed by atoms with Gasteiger partial charge in [-0.1, -0.05) is 0 Å². The minimum Gasteiger partial charge on any atom is -0.493 e. The van der Waals surface area contributed by atoms with Crippen molar-refractivity contribution in [1.82, 2.24) is 0 Å². The third kappa shape index (κ3) is 2.70. The van der Waals surface area contributed by atoms with E-state index in [9.17, 15) is 4.79 Å². The quantitative estimate of drug-likeness (QED) is 0.924. The normalized spacial score (nSPS) is 20.3. The average molecular weight is 308 g/mol. The highest BCUT2D eigenvalue weighted by Crippen LogP contribution is 2.42. The summed E-state index contributed by atoms with van der Waals surface area (Å²) >= 11 is 0. The first kappa shape index (κ1) is 16.4.